The maximum atomic E-state index is 11.4. The summed E-state index contributed by atoms with van der Waals surface area (Å²) in [4.78, 5) is 22.2. The number of rotatable bonds is 6. The molecular weight excluding hydrogens is 230 g/mol. The van der Waals surface area contributed by atoms with E-state index in [0.717, 1.165) is 16.9 Å². The molecule has 4 heteroatoms. The van der Waals surface area contributed by atoms with E-state index in [1.165, 1.54) is 6.92 Å². The zero-order valence-corrected chi connectivity index (χ0v) is 11.1. The Kier molecular flexibility index (Phi) is 5.36. The standard InChI is InChI=1S/C14H19NO3/c1-10-8-12(5-6-13(10)18-3)9-15-14(17)7-4-11(2)16/h5-6,8H,4,7,9H2,1-3H3,(H,15,17). The van der Waals surface area contributed by atoms with Crippen molar-refractivity contribution in [2.24, 2.45) is 0 Å². The van der Waals surface area contributed by atoms with Crippen molar-refractivity contribution >= 4 is 11.7 Å². The Labute approximate surface area is 107 Å². The van der Waals surface area contributed by atoms with E-state index in [1.807, 2.05) is 25.1 Å². The van der Waals surface area contributed by atoms with E-state index in [0.29, 0.717) is 13.0 Å². The fourth-order valence-electron chi connectivity index (χ4n) is 1.63. The lowest BCUT2D eigenvalue weighted by Gasteiger charge is -2.08. The molecule has 1 N–H and O–H groups in total. The molecule has 0 saturated carbocycles. The molecule has 1 aromatic carbocycles. The first kappa shape index (κ1) is 14.2. The number of hydrogen-bond acceptors (Lipinski definition) is 3. The molecule has 1 amide bonds. The Morgan fingerprint density at radius 1 is 1.28 bits per heavy atom. The van der Waals surface area contributed by atoms with Gasteiger partial charge in [-0.15, -0.1) is 0 Å². The SMILES string of the molecule is COc1ccc(CNC(=O)CCC(C)=O)cc1C. The second-order valence-electron chi connectivity index (χ2n) is 4.28. The van der Waals surface area contributed by atoms with Crippen LogP contribution in [0.5, 0.6) is 5.75 Å². The largest absolute Gasteiger partial charge is 0.496 e. The first-order valence-corrected chi connectivity index (χ1v) is 5.92. The van der Waals surface area contributed by atoms with Crippen LogP contribution in [0.1, 0.15) is 30.9 Å². The Morgan fingerprint density at radius 2 is 2.00 bits per heavy atom. The number of benzene rings is 1. The molecule has 1 aromatic rings. The maximum Gasteiger partial charge on any atom is 0.220 e. The number of hydrogen-bond donors (Lipinski definition) is 1. The fourth-order valence-corrected chi connectivity index (χ4v) is 1.63. The highest BCUT2D eigenvalue weighted by molar-refractivity contribution is 5.83. The lowest BCUT2D eigenvalue weighted by molar-refractivity contribution is -0.124. The molecule has 0 saturated heterocycles. The highest BCUT2D eigenvalue weighted by atomic mass is 16.5. The number of amides is 1. The third-order valence-electron chi connectivity index (χ3n) is 2.65. The lowest BCUT2D eigenvalue weighted by Crippen LogP contribution is -2.23. The Hall–Kier alpha value is -1.84. The van der Waals surface area contributed by atoms with Crippen LogP contribution in [0, 0.1) is 6.92 Å². The molecule has 0 fully saturated rings. The molecule has 0 aliphatic rings. The number of nitrogens with one attached hydrogen (secondary N) is 1. The minimum absolute atomic E-state index is 0.0328. The van der Waals surface area contributed by atoms with Gasteiger partial charge in [-0.1, -0.05) is 12.1 Å². The summed E-state index contributed by atoms with van der Waals surface area (Å²) in [6, 6.07) is 5.77. The molecule has 98 valence electrons. The summed E-state index contributed by atoms with van der Waals surface area (Å²) < 4.78 is 5.17. The van der Waals surface area contributed by atoms with Gasteiger partial charge in [-0.3, -0.25) is 4.79 Å². The molecule has 1 rings (SSSR count). The average Bonchev–Trinajstić information content (AvgIpc) is 2.34. The van der Waals surface area contributed by atoms with Gasteiger partial charge in [0.2, 0.25) is 5.91 Å². The highest BCUT2D eigenvalue weighted by Gasteiger charge is 2.04. The normalized spacial score (nSPS) is 9.94. The highest BCUT2D eigenvalue weighted by Crippen LogP contribution is 2.18. The average molecular weight is 249 g/mol. The van der Waals surface area contributed by atoms with Crippen molar-refractivity contribution in [1.82, 2.24) is 5.32 Å². The molecule has 0 bridgehead atoms. The van der Waals surface area contributed by atoms with Crippen LogP contribution in [0.25, 0.3) is 0 Å². The van der Waals surface area contributed by atoms with Crippen molar-refractivity contribution in [2.45, 2.75) is 33.2 Å². The van der Waals surface area contributed by atoms with E-state index in [-0.39, 0.29) is 18.1 Å². The van der Waals surface area contributed by atoms with Gasteiger partial charge in [0.15, 0.2) is 0 Å². The van der Waals surface area contributed by atoms with E-state index < -0.39 is 0 Å². The first-order chi connectivity index (χ1) is 8.52. The van der Waals surface area contributed by atoms with E-state index in [1.54, 1.807) is 7.11 Å². The van der Waals surface area contributed by atoms with Gasteiger partial charge in [0.1, 0.15) is 11.5 Å². The first-order valence-electron chi connectivity index (χ1n) is 5.92. The zero-order valence-electron chi connectivity index (χ0n) is 11.1. The molecule has 4 nitrogen and oxygen atoms in total. The van der Waals surface area contributed by atoms with E-state index >= 15 is 0 Å². The molecular formula is C14H19NO3. The van der Waals surface area contributed by atoms with Crippen LogP contribution < -0.4 is 10.1 Å². The second-order valence-corrected chi connectivity index (χ2v) is 4.28. The van der Waals surface area contributed by atoms with Crippen molar-refractivity contribution in [3.05, 3.63) is 29.3 Å². The number of ether oxygens (including phenoxy) is 1. The van der Waals surface area contributed by atoms with Crippen molar-refractivity contribution in [2.75, 3.05) is 7.11 Å². The van der Waals surface area contributed by atoms with E-state index in [2.05, 4.69) is 5.32 Å². The van der Waals surface area contributed by atoms with Crippen LogP contribution >= 0.6 is 0 Å². The Morgan fingerprint density at radius 3 is 2.56 bits per heavy atom. The van der Waals surface area contributed by atoms with Gasteiger partial charge >= 0.3 is 0 Å². The third kappa shape index (κ3) is 4.57. The quantitative estimate of drug-likeness (QED) is 0.838. The van der Waals surface area contributed by atoms with E-state index in [9.17, 15) is 9.59 Å². The molecule has 0 radical (unpaired) electrons. The van der Waals surface area contributed by atoms with Crippen LogP contribution in [-0.2, 0) is 16.1 Å². The molecule has 0 spiro atoms. The minimum atomic E-state index is -0.0985. The summed E-state index contributed by atoms with van der Waals surface area (Å²) in [6.07, 6.45) is 0.554. The van der Waals surface area contributed by atoms with Crippen molar-refractivity contribution in [3.63, 3.8) is 0 Å². The van der Waals surface area contributed by atoms with Gasteiger partial charge in [0, 0.05) is 19.4 Å². The Bertz CT molecular complexity index is 441. The predicted molar refractivity (Wildman–Crippen MR) is 69.5 cm³/mol. The van der Waals surface area contributed by atoms with Gasteiger partial charge in [0.25, 0.3) is 0 Å². The molecule has 0 aliphatic heterocycles. The number of carbonyl (C=O) groups excluding carboxylic acids is 2. The Balaban J connectivity index is 2.46. The number of ketones is 1. The van der Waals surface area contributed by atoms with Crippen LogP contribution in [-0.4, -0.2) is 18.8 Å². The molecule has 0 aromatic heterocycles. The summed E-state index contributed by atoms with van der Waals surface area (Å²) in [5.41, 5.74) is 2.05. The molecule has 0 atom stereocenters. The van der Waals surface area contributed by atoms with Crippen LogP contribution in [0.4, 0.5) is 0 Å². The fraction of sp³-hybridized carbons (Fsp3) is 0.429. The lowest BCUT2D eigenvalue weighted by atomic mass is 10.1. The molecule has 0 heterocycles. The van der Waals surface area contributed by atoms with Gasteiger partial charge < -0.3 is 14.8 Å². The number of Topliss-reactive ketones (excluding diaryl/α,β-unsaturated/α-hetero) is 1. The molecule has 0 aliphatic carbocycles. The topological polar surface area (TPSA) is 55.4 Å². The van der Waals surface area contributed by atoms with Crippen molar-refractivity contribution < 1.29 is 14.3 Å². The minimum Gasteiger partial charge on any atom is -0.496 e. The third-order valence-corrected chi connectivity index (χ3v) is 2.65. The van der Waals surface area contributed by atoms with Crippen LogP contribution in [0.15, 0.2) is 18.2 Å². The molecule has 0 unspecified atom stereocenters. The zero-order chi connectivity index (χ0) is 13.5. The van der Waals surface area contributed by atoms with Crippen LogP contribution in [0.3, 0.4) is 0 Å². The number of aryl methyl sites for hydroxylation is 1. The monoisotopic (exact) mass is 249 g/mol. The van der Waals surface area contributed by atoms with Gasteiger partial charge in [-0.05, 0) is 31.0 Å². The van der Waals surface area contributed by atoms with Crippen LogP contribution in [0.2, 0.25) is 0 Å². The van der Waals surface area contributed by atoms with Gasteiger partial charge in [0.05, 0.1) is 7.11 Å². The van der Waals surface area contributed by atoms with Crippen molar-refractivity contribution in [3.8, 4) is 5.75 Å². The predicted octanol–water partition coefficient (Wildman–Crippen LogP) is 1.99. The number of methoxy groups -OCH3 is 1. The summed E-state index contributed by atoms with van der Waals surface area (Å²) in [5.74, 6) is 0.769. The maximum absolute atomic E-state index is 11.4. The summed E-state index contributed by atoms with van der Waals surface area (Å²) in [6.45, 7) is 3.92. The van der Waals surface area contributed by atoms with Gasteiger partial charge in [-0.25, -0.2) is 0 Å². The summed E-state index contributed by atoms with van der Waals surface area (Å²) in [7, 11) is 1.63. The van der Waals surface area contributed by atoms with Gasteiger partial charge in [-0.2, -0.15) is 0 Å². The number of carbonyl (C=O) groups is 2. The smallest absolute Gasteiger partial charge is 0.220 e. The summed E-state index contributed by atoms with van der Waals surface area (Å²) in [5, 5.41) is 2.79. The van der Waals surface area contributed by atoms with E-state index in [4.69, 9.17) is 4.74 Å². The second kappa shape index (κ2) is 6.79. The summed E-state index contributed by atoms with van der Waals surface area (Å²) >= 11 is 0. The van der Waals surface area contributed by atoms with Crippen molar-refractivity contribution in [1.29, 1.82) is 0 Å². The molecule has 18 heavy (non-hydrogen) atoms.